The van der Waals surface area contributed by atoms with E-state index in [1.54, 1.807) is 13.0 Å². The van der Waals surface area contributed by atoms with Gasteiger partial charge in [-0.1, -0.05) is 0 Å². The molecule has 1 unspecified atom stereocenters. The first-order valence-corrected chi connectivity index (χ1v) is 5.44. The fraction of sp³-hybridized carbons (Fsp3) is 0.154. The second-order valence-electron chi connectivity index (χ2n) is 4.19. The van der Waals surface area contributed by atoms with Gasteiger partial charge in [-0.05, 0) is 36.2 Å². The molecule has 2 rings (SSSR count). The fourth-order valence-corrected chi connectivity index (χ4v) is 1.73. The molecule has 2 aromatic rings. The number of nitrogens with two attached hydrogens (primary N) is 1. The van der Waals surface area contributed by atoms with Crippen molar-refractivity contribution in [1.29, 1.82) is 0 Å². The van der Waals surface area contributed by atoms with Gasteiger partial charge >= 0.3 is 0 Å². The van der Waals surface area contributed by atoms with Crippen molar-refractivity contribution in [1.82, 2.24) is 4.98 Å². The molecule has 0 saturated carbocycles. The van der Waals surface area contributed by atoms with Crippen LogP contribution in [0.15, 0.2) is 24.4 Å². The molecule has 1 aromatic heterocycles. The van der Waals surface area contributed by atoms with Crippen molar-refractivity contribution >= 4 is 5.82 Å². The van der Waals surface area contributed by atoms with Crippen LogP contribution in [0.3, 0.4) is 0 Å². The van der Waals surface area contributed by atoms with Gasteiger partial charge in [-0.2, -0.15) is 0 Å². The van der Waals surface area contributed by atoms with Crippen molar-refractivity contribution < 1.29 is 18.3 Å². The molecule has 0 radical (unpaired) electrons. The molecule has 0 aliphatic rings. The molecule has 19 heavy (non-hydrogen) atoms. The van der Waals surface area contributed by atoms with E-state index < -0.39 is 23.6 Å². The average molecular weight is 268 g/mol. The number of aliphatic hydroxyl groups is 1. The Hall–Kier alpha value is -2.08. The van der Waals surface area contributed by atoms with Gasteiger partial charge in [0, 0.05) is 11.8 Å². The topological polar surface area (TPSA) is 59.1 Å². The first-order valence-electron chi connectivity index (χ1n) is 5.44. The summed E-state index contributed by atoms with van der Waals surface area (Å²) in [6.07, 6.45) is 0.120. The highest BCUT2D eigenvalue weighted by molar-refractivity contribution is 5.46. The van der Waals surface area contributed by atoms with Crippen LogP contribution in [0.1, 0.15) is 22.8 Å². The van der Waals surface area contributed by atoms with Crippen LogP contribution in [0, 0.1) is 24.4 Å². The van der Waals surface area contributed by atoms with Gasteiger partial charge in [-0.15, -0.1) is 0 Å². The van der Waals surface area contributed by atoms with Crippen molar-refractivity contribution in [3.63, 3.8) is 0 Å². The Bertz CT molecular complexity index is 608. The second-order valence-corrected chi connectivity index (χ2v) is 4.19. The van der Waals surface area contributed by atoms with E-state index in [4.69, 9.17) is 5.73 Å². The molecular weight excluding hydrogens is 257 g/mol. The van der Waals surface area contributed by atoms with Crippen LogP contribution < -0.4 is 5.73 Å². The zero-order valence-electron chi connectivity index (χ0n) is 9.99. The number of aryl methyl sites for hydroxylation is 1. The number of anilines is 1. The summed E-state index contributed by atoms with van der Waals surface area (Å²) in [5, 5.41) is 10.1. The number of rotatable bonds is 2. The Morgan fingerprint density at radius 1 is 1.16 bits per heavy atom. The highest BCUT2D eigenvalue weighted by Crippen LogP contribution is 2.28. The van der Waals surface area contributed by atoms with Gasteiger partial charge in [0.25, 0.3) is 0 Å². The van der Waals surface area contributed by atoms with E-state index in [1.165, 1.54) is 6.20 Å². The molecule has 6 heteroatoms. The smallest absolute Gasteiger partial charge is 0.194 e. The van der Waals surface area contributed by atoms with E-state index in [2.05, 4.69) is 4.98 Å². The van der Waals surface area contributed by atoms with Crippen molar-refractivity contribution in [2.45, 2.75) is 13.0 Å². The molecule has 1 aromatic carbocycles. The van der Waals surface area contributed by atoms with Crippen molar-refractivity contribution in [2.24, 2.45) is 0 Å². The van der Waals surface area contributed by atoms with Gasteiger partial charge < -0.3 is 10.8 Å². The Morgan fingerprint density at radius 2 is 1.74 bits per heavy atom. The first-order chi connectivity index (χ1) is 8.90. The maximum absolute atomic E-state index is 13.1. The lowest BCUT2D eigenvalue weighted by molar-refractivity contribution is 0.219. The molecule has 0 spiro atoms. The van der Waals surface area contributed by atoms with Crippen LogP contribution in [0.25, 0.3) is 0 Å². The van der Waals surface area contributed by atoms with Crippen LogP contribution in [0.4, 0.5) is 19.0 Å². The van der Waals surface area contributed by atoms with E-state index in [9.17, 15) is 18.3 Å². The van der Waals surface area contributed by atoms with E-state index in [1.807, 2.05) is 0 Å². The summed E-state index contributed by atoms with van der Waals surface area (Å²) in [7, 11) is 0. The SMILES string of the molecule is Cc1cnc(N)c(C(O)c2cc(F)c(F)c(F)c2)c1. The number of benzene rings is 1. The molecule has 1 atom stereocenters. The highest BCUT2D eigenvalue weighted by atomic mass is 19.2. The molecule has 0 fully saturated rings. The molecule has 0 bridgehead atoms. The Morgan fingerprint density at radius 3 is 2.32 bits per heavy atom. The summed E-state index contributed by atoms with van der Waals surface area (Å²) >= 11 is 0. The van der Waals surface area contributed by atoms with E-state index in [0.717, 1.165) is 17.7 Å². The number of nitrogens with zero attached hydrogens (tertiary/aromatic N) is 1. The van der Waals surface area contributed by atoms with E-state index >= 15 is 0 Å². The molecule has 100 valence electrons. The van der Waals surface area contributed by atoms with Gasteiger partial charge in [0.05, 0.1) is 0 Å². The lowest BCUT2D eigenvalue weighted by Gasteiger charge is -2.14. The average Bonchev–Trinajstić information content (AvgIpc) is 2.37. The molecule has 3 N–H and O–H groups in total. The number of hydrogen-bond acceptors (Lipinski definition) is 3. The summed E-state index contributed by atoms with van der Waals surface area (Å²) in [6.45, 7) is 1.73. The van der Waals surface area contributed by atoms with Crippen LogP contribution >= 0.6 is 0 Å². The quantitative estimate of drug-likeness (QED) is 0.822. The Labute approximate surface area is 107 Å². The van der Waals surface area contributed by atoms with Crippen LogP contribution in [0.2, 0.25) is 0 Å². The summed E-state index contributed by atoms with van der Waals surface area (Å²) in [5.41, 5.74) is 6.41. The summed E-state index contributed by atoms with van der Waals surface area (Å²) in [6, 6.07) is 3.00. The van der Waals surface area contributed by atoms with Crippen LogP contribution in [-0.2, 0) is 0 Å². The first kappa shape index (κ1) is 13.4. The van der Waals surface area contributed by atoms with Gasteiger partial charge in [0.15, 0.2) is 17.5 Å². The van der Waals surface area contributed by atoms with Crippen molar-refractivity contribution in [3.8, 4) is 0 Å². The van der Waals surface area contributed by atoms with Crippen molar-refractivity contribution in [2.75, 3.05) is 5.73 Å². The molecular formula is C13H11F3N2O. The summed E-state index contributed by atoms with van der Waals surface area (Å²) in [4.78, 5) is 3.84. The largest absolute Gasteiger partial charge is 0.384 e. The van der Waals surface area contributed by atoms with E-state index in [0.29, 0.717) is 0 Å². The van der Waals surface area contributed by atoms with Gasteiger partial charge in [-0.25, -0.2) is 18.2 Å². The third kappa shape index (κ3) is 2.53. The lowest BCUT2D eigenvalue weighted by atomic mass is 10.0. The van der Waals surface area contributed by atoms with Gasteiger partial charge in [0.1, 0.15) is 11.9 Å². The molecule has 0 saturated heterocycles. The fourth-order valence-electron chi connectivity index (χ4n) is 1.73. The molecule has 0 amide bonds. The van der Waals surface area contributed by atoms with Gasteiger partial charge in [0.2, 0.25) is 0 Å². The second kappa shape index (κ2) is 4.89. The van der Waals surface area contributed by atoms with Crippen molar-refractivity contribution in [3.05, 3.63) is 58.5 Å². The third-order valence-electron chi connectivity index (χ3n) is 2.70. The summed E-state index contributed by atoms with van der Waals surface area (Å²) < 4.78 is 39.1. The van der Waals surface area contributed by atoms with Crippen LogP contribution in [0.5, 0.6) is 0 Å². The molecule has 3 nitrogen and oxygen atoms in total. The lowest BCUT2D eigenvalue weighted by Crippen LogP contribution is -2.07. The van der Waals surface area contributed by atoms with Crippen LogP contribution in [-0.4, -0.2) is 10.1 Å². The number of nitrogen functional groups attached to an aromatic ring is 1. The predicted molar refractivity (Wildman–Crippen MR) is 63.8 cm³/mol. The predicted octanol–water partition coefficient (Wildman–Crippen LogP) is 2.47. The zero-order valence-corrected chi connectivity index (χ0v) is 9.99. The number of aliphatic hydroxyl groups excluding tert-OH is 1. The highest BCUT2D eigenvalue weighted by Gasteiger charge is 2.19. The molecule has 0 aliphatic carbocycles. The van der Waals surface area contributed by atoms with Gasteiger partial charge in [-0.3, -0.25) is 0 Å². The minimum atomic E-state index is -1.58. The maximum atomic E-state index is 13.1. The standard InChI is InChI=1S/C13H11F3N2O/c1-6-2-8(13(17)18-5-6)12(19)7-3-9(14)11(16)10(15)4-7/h2-5,12,19H,1H3,(H2,17,18). The minimum absolute atomic E-state index is 0.0447. The minimum Gasteiger partial charge on any atom is -0.384 e. The number of hydrogen-bond donors (Lipinski definition) is 2. The maximum Gasteiger partial charge on any atom is 0.194 e. The zero-order chi connectivity index (χ0) is 14.2. The normalized spacial score (nSPS) is 12.5. The number of halogens is 3. The molecule has 0 aliphatic heterocycles. The number of pyridine rings is 1. The number of aromatic nitrogens is 1. The van der Waals surface area contributed by atoms with E-state index in [-0.39, 0.29) is 16.9 Å². The third-order valence-corrected chi connectivity index (χ3v) is 2.70. The Kier molecular flexibility index (Phi) is 3.44. The monoisotopic (exact) mass is 268 g/mol. The molecule has 1 heterocycles. The Balaban J connectivity index is 2.49. The summed E-state index contributed by atoms with van der Waals surface area (Å²) in [5.74, 6) is -4.27.